The summed E-state index contributed by atoms with van der Waals surface area (Å²) in [5, 5.41) is 11.5. The van der Waals surface area contributed by atoms with Gasteiger partial charge in [-0.15, -0.1) is 11.8 Å². The topological polar surface area (TPSA) is 56.6 Å². The number of esters is 1. The molecule has 0 radical (unpaired) electrons. The summed E-state index contributed by atoms with van der Waals surface area (Å²) >= 11 is 2.02. The molecular formula is C33H43N3O2S. The Balaban J connectivity index is 1.16. The molecule has 208 valence electrons. The molecule has 1 saturated carbocycles. The second-order valence-electron chi connectivity index (χ2n) is 11.8. The van der Waals surface area contributed by atoms with E-state index in [1.807, 2.05) is 30.0 Å². The van der Waals surface area contributed by atoms with E-state index in [1.165, 1.54) is 30.3 Å². The van der Waals surface area contributed by atoms with E-state index < -0.39 is 5.41 Å². The highest BCUT2D eigenvalue weighted by molar-refractivity contribution is 8.00. The highest BCUT2D eigenvalue weighted by Crippen LogP contribution is 2.43. The number of ether oxygens (including phenoxy) is 1. The van der Waals surface area contributed by atoms with E-state index in [0.29, 0.717) is 12.3 Å². The molecule has 5 rings (SSSR count). The van der Waals surface area contributed by atoms with Gasteiger partial charge in [0.2, 0.25) is 0 Å². The van der Waals surface area contributed by atoms with Crippen LogP contribution in [0.15, 0.2) is 59.5 Å². The van der Waals surface area contributed by atoms with Crippen LogP contribution in [-0.2, 0) is 14.9 Å². The Labute approximate surface area is 238 Å². The van der Waals surface area contributed by atoms with E-state index >= 15 is 0 Å². The first-order chi connectivity index (χ1) is 19.0. The van der Waals surface area contributed by atoms with Gasteiger partial charge in [-0.3, -0.25) is 4.79 Å². The lowest BCUT2D eigenvalue weighted by Gasteiger charge is -2.46. The third-order valence-corrected chi connectivity index (χ3v) is 10.1. The van der Waals surface area contributed by atoms with Crippen LogP contribution in [0.5, 0.6) is 0 Å². The number of piperidine rings is 1. The zero-order chi connectivity index (χ0) is 27.2. The van der Waals surface area contributed by atoms with Crippen LogP contribution in [0, 0.1) is 23.2 Å². The number of rotatable bonds is 12. The first kappa shape index (κ1) is 28.1. The Morgan fingerprint density at radius 2 is 1.77 bits per heavy atom. The number of nitriles is 1. The standard InChI is InChI=1S/C33H43N3O2S/c1-3-7-30(38-25(2)37)20-33(24-34,27-8-5-4-6-9-27)28-16-18-35(19-17-28)21-26-22-36(23-26)29-10-12-31(13-11-29)39-32-14-15-32/h4-6,8-13,26,28,30,32H,3,7,14-23H2,1-2H3. The van der Waals surface area contributed by atoms with Crippen LogP contribution in [0.3, 0.4) is 0 Å². The highest BCUT2D eigenvalue weighted by atomic mass is 32.2. The summed E-state index contributed by atoms with van der Waals surface area (Å²) in [6, 6.07) is 22.2. The van der Waals surface area contributed by atoms with Crippen LogP contribution >= 0.6 is 11.8 Å². The van der Waals surface area contributed by atoms with Gasteiger partial charge >= 0.3 is 5.97 Å². The van der Waals surface area contributed by atoms with E-state index in [2.05, 4.69) is 59.2 Å². The van der Waals surface area contributed by atoms with Crippen LogP contribution in [0.1, 0.15) is 64.4 Å². The number of carbonyl (C=O) groups is 1. The summed E-state index contributed by atoms with van der Waals surface area (Å²) in [5.41, 5.74) is 1.77. The van der Waals surface area contributed by atoms with Crippen molar-refractivity contribution in [3.05, 3.63) is 60.2 Å². The SMILES string of the molecule is CCCC(CC(C#N)(c1ccccc1)C1CCN(CC2CN(c3ccc(SC4CC4)cc3)C2)CC1)OC(C)=O. The van der Waals surface area contributed by atoms with Gasteiger partial charge in [0.25, 0.3) is 0 Å². The molecule has 2 heterocycles. The van der Waals surface area contributed by atoms with E-state index in [0.717, 1.165) is 69.2 Å². The molecule has 2 aromatic rings. The van der Waals surface area contributed by atoms with Gasteiger partial charge in [-0.2, -0.15) is 5.26 Å². The molecule has 0 N–H and O–H groups in total. The summed E-state index contributed by atoms with van der Waals surface area (Å²) in [6.45, 7) is 9.02. The number of benzene rings is 2. The van der Waals surface area contributed by atoms with Crippen LogP contribution in [-0.4, -0.2) is 54.9 Å². The first-order valence-electron chi connectivity index (χ1n) is 14.9. The van der Waals surface area contributed by atoms with E-state index in [-0.39, 0.29) is 18.0 Å². The van der Waals surface area contributed by atoms with Crippen molar-refractivity contribution < 1.29 is 9.53 Å². The Morgan fingerprint density at radius 3 is 2.36 bits per heavy atom. The van der Waals surface area contributed by atoms with Crippen LogP contribution in [0.2, 0.25) is 0 Å². The van der Waals surface area contributed by atoms with Crippen molar-refractivity contribution in [3.8, 4) is 6.07 Å². The molecule has 1 aliphatic carbocycles. The highest BCUT2D eigenvalue weighted by Gasteiger charge is 2.44. The van der Waals surface area contributed by atoms with E-state index in [4.69, 9.17) is 4.74 Å². The number of nitrogens with zero attached hydrogens (tertiary/aromatic N) is 3. The van der Waals surface area contributed by atoms with Crippen LogP contribution in [0.4, 0.5) is 5.69 Å². The Morgan fingerprint density at radius 1 is 1.08 bits per heavy atom. The molecule has 0 aromatic heterocycles. The lowest BCUT2D eigenvalue weighted by molar-refractivity contribution is -0.147. The third-order valence-electron chi connectivity index (χ3n) is 8.77. The smallest absolute Gasteiger partial charge is 0.302 e. The molecule has 39 heavy (non-hydrogen) atoms. The van der Waals surface area contributed by atoms with Crippen molar-refractivity contribution in [1.29, 1.82) is 5.26 Å². The predicted octanol–water partition coefficient (Wildman–Crippen LogP) is 6.67. The summed E-state index contributed by atoms with van der Waals surface area (Å²) in [5.74, 6) is 0.696. The largest absolute Gasteiger partial charge is 0.462 e. The van der Waals surface area contributed by atoms with Crippen LogP contribution < -0.4 is 4.90 Å². The first-order valence-corrected chi connectivity index (χ1v) is 15.7. The zero-order valence-corrected chi connectivity index (χ0v) is 24.4. The Bertz CT molecular complexity index is 1120. The minimum atomic E-state index is -0.639. The number of carbonyl (C=O) groups excluding carboxylic acids is 1. The Kier molecular flexibility index (Phi) is 9.20. The zero-order valence-electron chi connectivity index (χ0n) is 23.6. The fourth-order valence-corrected chi connectivity index (χ4v) is 7.61. The molecular weight excluding hydrogens is 502 g/mol. The monoisotopic (exact) mass is 545 g/mol. The molecule has 0 spiro atoms. The number of anilines is 1. The fraction of sp³-hybridized carbons (Fsp3) is 0.576. The normalized spacial score (nSPS) is 21.0. The molecule has 2 unspecified atom stereocenters. The molecule has 3 fully saturated rings. The lowest BCUT2D eigenvalue weighted by Crippen LogP contribution is -2.53. The number of hydrogen-bond acceptors (Lipinski definition) is 6. The maximum Gasteiger partial charge on any atom is 0.302 e. The molecule has 2 saturated heterocycles. The van der Waals surface area contributed by atoms with Crippen molar-refractivity contribution in [2.24, 2.45) is 11.8 Å². The summed E-state index contributed by atoms with van der Waals surface area (Å²) in [7, 11) is 0. The predicted molar refractivity (Wildman–Crippen MR) is 159 cm³/mol. The van der Waals surface area contributed by atoms with Gasteiger partial charge in [-0.25, -0.2) is 0 Å². The average Bonchev–Trinajstić information content (AvgIpc) is 3.74. The van der Waals surface area contributed by atoms with Gasteiger partial charge in [0.15, 0.2) is 0 Å². The summed E-state index contributed by atoms with van der Waals surface area (Å²) in [6.07, 6.45) is 6.79. The quantitative estimate of drug-likeness (QED) is 0.278. The maximum atomic E-state index is 11.8. The van der Waals surface area contributed by atoms with Gasteiger partial charge in [0, 0.05) is 54.7 Å². The van der Waals surface area contributed by atoms with Crippen molar-refractivity contribution in [2.45, 2.75) is 80.5 Å². The minimum absolute atomic E-state index is 0.229. The van der Waals surface area contributed by atoms with Crippen molar-refractivity contribution >= 4 is 23.4 Å². The second-order valence-corrected chi connectivity index (χ2v) is 13.2. The molecule has 0 amide bonds. The molecule has 2 atom stereocenters. The molecule has 2 aromatic carbocycles. The molecule has 0 bridgehead atoms. The third kappa shape index (κ3) is 6.99. The van der Waals surface area contributed by atoms with Gasteiger partial charge < -0.3 is 14.5 Å². The van der Waals surface area contributed by atoms with Crippen molar-refractivity contribution in [1.82, 2.24) is 4.90 Å². The number of likely N-dealkylation sites (tertiary alicyclic amines) is 1. The Hall–Kier alpha value is -2.49. The van der Waals surface area contributed by atoms with Crippen molar-refractivity contribution in [2.75, 3.05) is 37.6 Å². The summed E-state index contributed by atoms with van der Waals surface area (Å²) in [4.78, 5) is 18.4. The minimum Gasteiger partial charge on any atom is -0.462 e. The van der Waals surface area contributed by atoms with E-state index in [9.17, 15) is 10.1 Å². The van der Waals surface area contributed by atoms with Gasteiger partial charge in [-0.1, -0.05) is 43.7 Å². The van der Waals surface area contributed by atoms with Gasteiger partial charge in [0.1, 0.15) is 6.10 Å². The lowest BCUT2D eigenvalue weighted by atomic mass is 9.64. The van der Waals surface area contributed by atoms with Gasteiger partial charge in [-0.05, 0) is 80.9 Å². The number of thioether (sulfide) groups is 1. The second kappa shape index (κ2) is 12.8. The molecule has 5 nitrogen and oxygen atoms in total. The molecule has 2 aliphatic heterocycles. The van der Waals surface area contributed by atoms with E-state index in [1.54, 1.807) is 0 Å². The average molecular weight is 546 g/mol. The maximum absolute atomic E-state index is 11.8. The number of hydrogen-bond donors (Lipinski definition) is 0. The van der Waals surface area contributed by atoms with Crippen LogP contribution in [0.25, 0.3) is 0 Å². The van der Waals surface area contributed by atoms with Gasteiger partial charge in [0.05, 0.1) is 11.5 Å². The fourth-order valence-electron chi connectivity index (χ4n) is 6.56. The van der Waals surface area contributed by atoms with Crippen molar-refractivity contribution in [3.63, 3.8) is 0 Å². The summed E-state index contributed by atoms with van der Waals surface area (Å²) < 4.78 is 5.72. The molecule has 6 heteroatoms. The molecule has 3 aliphatic rings.